The van der Waals surface area contributed by atoms with E-state index in [4.69, 9.17) is 0 Å². The number of nitrogens with zero attached hydrogens (tertiary/aromatic N) is 1. The lowest BCUT2D eigenvalue weighted by molar-refractivity contribution is -0.125. The Hall–Kier alpha value is -2.67. The molecule has 4 amide bonds. The number of thiophene rings is 1. The Morgan fingerprint density at radius 1 is 1.20 bits per heavy atom. The van der Waals surface area contributed by atoms with Crippen LogP contribution < -0.4 is 10.6 Å². The maximum absolute atomic E-state index is 12.8. The lowest BCUT2D eigenvalue weighted by Crippen LogP contribution is -2.50. The van der Waals surface area contributed by atoms with Crippen LogP contribution in [0.5, 0.6) is 0 Å². The van der Waals surface area contributed by atoms with Gasteiger partial charge in [-0.3, -0.25) is 14.9 Å². The first kappa shape index (κ1) is 15.8. The molecule has 2 aliphatic heterocycles. The van der Waals surface area contributed by atoms with Crippen LogP contribution in [0.2, 0.25) is 0 Å². The van der Waals surface area contributed by atoms with Crippen LogP contribution in [0.25, 0.3) is 0 Å². The van der Waals surface area contributed by atoms with Crippen LogP contribution in [0.15, 0.2) is 41.8 Å². The summed E-state index contributed by atoms with van der Waals surface area (Å²) in [6.07, 6.45) is 0.789. The Kier molecular flexibility index (Phi) is 4.01. The van der Waals surface area contributed by atoms with Crippen LogP contribution >= 0.6 is 11.3 Å². The van der Waals surface area contributed by atoms with Crippen molar-refractivity contribution in [1.82, 2.24) is 15.5 Å². The second-order valence-electron chi connectivity index (χ2n) is 6.17. The molecule has 2 atom stereocenters. The second-order valence-corrected chi connectivity index (χ2v) is 7.18. The number of benzene rings is 1. The van der Waals surface area contributed by atoms with E-state index in [0.29, 0.717) is 6.54 Å². The van der Waals surface area contributed by atoms with E-state index in [0.717, 1.165) is 17.5 Å². The molecule has 0 radical (unpaired) electrons. The standard InChI is InChI=1S/C18H17N3O3S/c22-15-10-13(17(23)20-15)19-18(24)21-8-6-14-12(7-9-25-14)16(21)11-4-2-1-3-5-11/h1-5,7,9,13,16H,6,8,10H2,(H,19,24)(H,20,22,23)/t13-,16?/m1/s1. The molecule has 0 saturated carbocycles. The van der Waals surface area contributed by atoms with Crippen molar-refractivity contribution in [2.24, 2.45) is 0 Å². The van der Waals surface area contributed by atoms with Crippen LogP contribution in [0.1, 0.15) is 28.5 Å². The summed E-state index contributed by atoms with van der Waals surface area (Å²) >= 11 is 1.70. The Morgan fingerprint density at radius 3 is 2.72 bits per heavy atom. The number of amides is 4. The lowest BCUT2D eigenvalue weighted by atomic mass is 9.93. The van der Waals surface area contributed by atoms with E-state index in [1.54, 1.807) is 16.2 Å². The molecule has 4 rings (SSSR count). The largest absolute Gasteiger partial charge is 0.326 e. The second kappa shape index (κ2) is 6.33. The highest BCUT2D eigenvalue weighted by molar-refractivity contribution is 7.10. The minimum atomic E-state index is -0.791. The number of hydrogen-bond acceptors (Lipinski definition) is 4. The molecule has 2 aromatic rings. The zero-order valence-electron chi connectivity index (χ0n) is 13.4. The van der Waals surface area contributed by atoms with E-state index in [1.165, 1.54) is 4.88 Å². The molecule has 3 heterocycles. The van der Waals surface area contributed by atoms with Gasteiger partial charge in [0.25, 0.3) is 0 Å². The highest BCUT2D eigenvalue weighted by Gasteiger charge is 2.37. The molecule has 2 aliphatic rings. The van der Waals surface area contributed by atoms with Crippen molar-refractivity contribution in [3.8, 4) is 0 Å². The Bertz CT molecular complexity index is 833. The molecule has 1 fully saturated rings. The number of carbonyl (C=O) groups is 3. The van der Waals surface area contributed by atoms with Gasteiger partial charge in [0.1, 0.15) is 6.04 Å². The van der Waals surface area contributed by atoms with Crippen molar-refractivity contribution in [3.05, 3.63) is 57.8 Å². The van der Waals surface area contributed by atoms with Gasteiger partial charge in [-0.25, -0.2) is 4.79 Å². The van der Waals surface area contributed by atoms with Gasteiger partial charge < -0.3 is 10.2 Å². The summed E-state index contributed by atoms with van der Waals surface area (Å²) in [7, 11) is 0. The quantitative estimate of drug-likeness (QED) is 0.807. The van der Waals surface area contributed by atoms with Gasteiger partial charge in [0.15, 0.2) is 0 Å². The summed E-state index contributed by atoms with van der Waals surface area (Å²) in [6, 6.07) is 10.6. The van der Waals surface area contributed by atoms with Gasteiger partial charge >= 0.3 is 6.03 Å². The average molecular weight is 355 g/mol. The van der Waals surface area contributed by atoms with Crippen molar-refractivity contribution in [1.29, 1.82) is 0 Å². The first-order chi connectivity index (χ1) is 12.1. The number of nitrogens with one attached hydrogen (secondary N) is 2. The van der Waals surface area contributed by atoms with Crippen LogP contribution in [-0.2, 0) is 16.0 Å². The third-order valence-electron chi connectivity index (χ3n) is 4.61. The fourth-order valence-corrected chi connectivity index (χ4v) is 4.34. The van der Waals surface area contributed by atoms with Gasteiger partial charge in [0.05, 0.1) is 12.5 Å². The van der Waals surface area contributed by atoms with Gasteiger partial charge in [-0.1, -0.05) is 30.3 Å². The molecule has 0 aliphatic carbocycles. The van der Waals surface area contributed by atoms with Gasteiger partial charge in [0.2, 0.25) is 11.8 Å². The molecule has 6 nitrogen and oxygen atoms in total. The molecule has 0 spiro atoms. The van der Waals surface area contributed by atoms with E-state index in [-0.39, 0.29) is 24.4 Å². The zero-order valence-corrected chi connectivity index (χ0v) is 14.2. The zero-order chi connectivity index (χ0) is 17.4. The van der Waals surface area contributed by atoms with Gasteiger partial charge in [-0.05, 0) is 29.0 Å². The predicted octanol–water partition coefficient (Wildman–Crippen LogP) is 1.82. The lowest BCUT2D eigenvalue weighted by Gasteiger charge is -2.36. The summed E-state index contributed by atoms with van der Waals surface area (Å²) in [6.45, 7) is 0.571. The van der Waals surface area contributed by atoms with Crippen LogP contribution in [0, 0.1) is 0 Å². The monoisotopic (exact) mass is 355 g/mol. The molecular weight excluding hydrogens is 338 g/mol. The van der Waals surface area contributed by atoms with E-state index in [1.807, 2.05) is 35.7 Å². The topological polar surface area (TPSA) is 78.5 Å². The van der Waals surface area contributed by atoms with Gasteiger partial charge in [-0.15, -0.1) is 11.3 Å². The highest BCUT2D eigenvalue weighted by atomic mass is 32.1. The maximum atomic E-state index is 12.8. The van der Waals surface area contributed by atoms with Crippen LogP contribution in [-0.4, -0.2) is 35.3 Å². The van der Waals surface area contributed by atoms with Crippen molar-refractivity contribution >= 4 is 29.2 Å². The molecule has 1 saturated heterocycles. The molecule has 7 heteroatoms. The Balaban J connectivity index is 1.62. The van der Waals surface area contributed by atoms with Crippen molar-refractivity contribution in [2.75, 3.05) is 6.54 Å². The third-order valence-corrected chi connectivity index (χ3v) is 5.60. The number of carbonyl (C=O) groups excluding carboxylic acids is 3. The summed E-state index contributed by atoms with van der Waals surface area (Å²) in [5.74, 6) is -0.795. The maximum Gasteiger partial charge on any atom is 0.318 e. The minimum Gasteiger partial charge on any atom is -0.326 e. The molecule has 1 aromatic heterocycles. The fraction of sp³-hybridized carbons (Fsp3) is 0.278. The summed E-state index contributed by atoms with van der Waals surface area (Å²) in [5.41, 5.74) is 2.16. The van der Waals surface area contributed by atoms with E-state index < -0.39 is 11.9 Å². The first-order valence-corrected chi connectivity index (χ1v) is 9.03. The molecule has 2 N–H and O–H groups in total. The molecular formula is C18H17N3O3S. The normalized spacial score (nSPS) is 22.5. The number of urea groups is 1. The highest BCUT2D eigenvalue weighted by Crippen LogP contribution is 2.37. The smallest absolute Gasteiger partial charge is 0.318 e. The first-order valence-electron chi connectivity index (χ1n) is 8.15. The van der Waals surface area contributed by atoms with Crippen LogP contribution in [0.4, 0.5) is 4.79 Å². The molecule has 0 bridgehead atoms. The van der Waals surface area contributed by atoms with Crippen molar-refractivity contribution in [2.45, 2.75) is 24.9 Å². The Labute approximate surface area is 148 Å². The summed E-state index contributed by atoms with van der Waals surface area (Å²) < 4.78 is 0. The van der Waals surface area contributed by atoms with Crippen molar-refractivity contribution in [3.63, 3.8) is 0 Å². The Morgan fingerprint density at radius 2 is 2.00 bits per heavy atom. The predicted molar refractivity (Wildman–Crippen MR) is 93.1 cm³/mol. The van der Waals surface area contributed by atoms with E-state index in [9.17, 15) is 14.4 Å². The summed E-state index contributed by atoms with van der Waals surface area (Å²) in [4.78, 5) is 39.0. The number of imide groups is 1. The van der Waals surface area contributed by atoms with Crippen molar-refractivity contribution < 1.29 is 14.4 Å². The summed E-state index contributed by atoms with van der Waals surface area (Å²) in [5, 5.41) is 6.98. The number of fused-ring (bicyclic) bond motifs is 1. The molecule has 25 heavy (non-hydrogen) atoms. The van der Waals surface area contributed by atoms with Gasteiger partial charge in [-0.2, -0.15) is 0 Å². The number of hydrogen-bond donors (Lipinski definition) is 2. The van der Waals surface area contributed by atoms with Gasteiger partial charge in [0, 0.05) is 11.4 Å². The molecule has 1 unspecified atom stereocenters. The van der Waals surface area contributed by atoms with E-state index in [2.05, 4.69) is 16.7 Å². The van der Waals surface area contributed by atoms with Crippen LogP contribution in [0.3, 0.4) is 0 Å². The molecule has 1 aromatic carbocycles. The molecule has 128 valence electrons. The minimum absolute atomic E-state index is 0.00187. The average Bonchev–Trinajstić information content (AvgIpc) is 3.20. The third kappa shape index (κ3) is 2.91. The fourth-order valence-electron chi connectivity index (χ4n) is 3.43. The number of rotatable bonds is 2. The SMILES string of the molecule is O=C1C[C@@H](NC(=O)N2CCc3sccc3C2c2ccccc2)C(=O)N1. The van der Waals surface area contributed by atoms with E-state index >= 15 is 0 Å².